The maximum Gasteiger partial charge on any atom is 0.236 e. The summed E-state index contributed by atoms with van der Waals surface area (Å²) in [5, 5.41) is 21.1. The predicted octanol–water partition coefficient (Wildman–Crippen LogP) is 1.81. The van der Waals surface area contributed by atoms with Gasteiger partial charge in [-0.25, -0.2) is 0 Å². The van der Waals surface area contributed by atoms with E-state index in [4.69, 9.17) is 4.74 Å². The van der Waals surface area contributed by atoms with Crippen molar-refractivity contribution in [3.63, 3.8) is 0 Å². The Morgan fingerprint density at radius 3 is 2.62 bits per heavy atom. The summed E-state index contributed by atoms with van der Waals surface area (Å²) in [5.41, 5.74) is 1.92. The highest BCUT2D eigenvalue weighted by Crippen LogP contribution is 2.25. The first-order valence-corrected chi connectivity index (χ1v) is 9.44. The molecule has 1 aromatic carbocycles. The van der Waals surface area contributed by atoms with Crippen molar-refractivity contribution in [1.29, 1.82) is 0 Å². The molecule has 2 aromatic rings. The molecule has 138 valence electrons. The van der Waals surface area contributed by atoms with Gasteiger partial charge in [0.05, 0.1) is 18.0 Å². The molecule has 3 N–H and O–H groups in total. The van der Waals surface area contributed by atoms with E-state index in [2.05, 4.69) is 10.3 Å². The largest absolute Gasteiger partial charge is 0.493 e. The molecule has 3 unspecified atom stereocenters. The molecule has 2 heterocycles. The summed E-state index contributed by atoms with van der Waals surface area (Å²) in [6.45, 7) is 2.22. The van der Waals surface area contributed by atoms with E-state index in [1.165, 1.54) is 11.8 Å². The van der Waals surface area contributed by atoms with Crippen LogP contribution in [0.1, 0.15) is 29.8 Å². The molecule has 1 fully saturated rings. The second-order valence-corrected chi connectivity index (χ2v) is 7.48. The van der Waals surface area contributed by atoms with Crippen molar-refractivity contribution in [3.05, 3.63) is 59.4 Å². The second kappa shape index (κ2) is 8.53. The van der Waals surface area contributed by atoms with Crippen molar-refractivity contribution in [2.45, 2.75) is 36.7 Å². The SMILES string of the molecule is CC(O)c1ccc(CCOc2ccc(CC3SC(O)NC3=O)cc2)nc1. The number of carbonyl (C=O) groups is 1. The lowest BCUT2D eigenvalue weighted by Gasteiger charge is -2.09. The molecule has 1 aliphatic rings. The summed E-state index contributed by atoms with van der Waals surface area (Å²) in [5.74, 6) is 0.634. The van der Waals surface area contributed by atoms with Crippen LogP contribution in [-0.2, 0) is 17.6 Å². The Morgan fingerprint density at radius 2 is 2.04 bits per heavy atom. The van der Waals surface area contributed by atoms with Crippen LogP contribution in [0.25, 0.3) is 0 Å². The molecule has 0 radical (unpaired) electrons. The van der Waals surface area contributed by atoms with Gasteiger partial charge < -0.3 is 20.3 Å². The number of ether oxygens (including phenoxy) is 1. The normalized spacial score (nSPS) is 20.7. The van der Waals surface area contributed by atoms with Gasteiger partial charge in [0.2, 0.25) is 5.91 Å². The van der Waals surface area contributed by atoms with E-state index in [1.807, 2.05) is 36.4 Å². The fourth-order valence-corrected chi connectivity index (χ4v) is 3.62. The van der Waals surface area contributed by atoms with Crippen LogP contribution in [0.15, 0.2) is 42.6 Å². The molecule has 0 aliphatic carbocycles. The van der Waals surface area contributed by atoms with E-state index in [-0.39, 0.29) is 11.2 Å². The Bertz CT molecular complexity index is 734. The number of carbonyl (C=O) groups excluding carboxylic acids is 1. The van der Waals surface area contributed by atoms with Gasteiger partial charge in [-0.15, -0.1) is 0 Å². The zero-order chi connectivity index (χ0) is 18.5. The van der Waals surface area contributed by atoms with Gasteiger partial charge in [-0.1, -0.05) is 30.0 Å². The van der Waals surface area contributed by atoms with Gasteiger partial charge in [-0.2, -0.15) is 0 Å². The Hall–Kier alpha value is -2.09. The lowest BCUT2D eigenvalue weighted by atomic mass is 10.1. The van der Waals surface area contributed by atoms with Gasteiger partial charge in [0.25, 0.3) is 0 Å². The van der Waals surface area contributed by atoms with E-state index in [1.54, 1.807) is 13.1 Å². The van der Waals surface area contributed by atoms with E-state index >= 15 is 0 Å². The molecule has 7 heteroatoms. The van der Waals surface area contributed by atoms with Gasteiger partial charge in [0, 0.05) is 18.3 Å². The van der Waals surface area contributed by atoms with Crippen LogP contribution in [0.5, 0.6) is 5.75 Å². The third-order valence-corrected chi connectivity index (χ3v) is 5.24. The molecule has 3 atom stereocenters. The van der Waals surface area contributed by atoms with Crippen LogP contribution in [-0.4, -0.2) is 38.5 Å². The fourth-order valence-electron chi connectivity index (χ4n) is 2.65. The van der Waals surface area contributed by atoms with E-state index in [9.17, 15) is 15.0 Å². The van der Waals surface area contributed by atoms with Gasteiger partial charge in [0.15, 0.2) is 5.56 Å². The van der Waals surface area contributed by atoms with Crippen molar-refractivity contribution in [2.75, 3.05) is 6.61 Å². The molecule has 1 aromatic heterocycles. The minimum absolute atomic E-state index is 0.128. The van der Waals surface area contributed by atoms with Crippen molar-refractivity contribution in [2.24, 2.45) is 0 Å². The summed E-state index contributed by atoms with van der Waals surface area (Å²) < 4.78 is 5.74. The molecule has 0 saturated carbocycles. The van der Waals surface area contributed by atoms with E-state index < -0.39 is 11.7 Å². The number of benzene rings is 1. The van der Waals surface area contributed by atoms with Crippen molar-refractivity contribution < 1.29 is 19.7 Å². The van der Waals surface area contributed by atoms with Gasteiger partial charge in [-0.3, -0.25) is 9.78 Å². The number of pyridine rings is 1. The molecule has 1 saturated heterocycles. The van der Waals surface area contributed by atoms with Crippen LogP contribution in [0.2, 0.25) is 0 Å². The lowest BCUT2D eigenvalue weighted by molar-refractivity contribution is -0.121. The molecule has 1 amide bonds. The number of hydrogen-bond acceptors (Lipinski definition) is 6. The first kappa shape index (κ1) is 18.7. The standard InChI is InChI=1S/C19H22N2O4S/c1-12(22)14-4-5-15(20-11-14)8-9-25-16-6-2-13(3-7-16)10-17-18(23)21-19(24)26-17/h2-7,11-12,17,19,22,24H,8-10H2,1H3,(H,21,23). The molecule has 6 nitrogen and oxygen atoms in total. The first-order valence-electron chi connectivity index (χ1n) is 8.50. The average molecular weight is 374 g/mol. The van der Waals surface area contributed by atoms with Crippen molar-refractivity contribution in [1.82, 2.24) is 10.3 Å². The van der Waals surface area contributed by atoms with Gasteiger partial charge in [-0.05, 0) is 42.7 Å². The number of hydrogen-bond donors (Lipinski definition) is 3. The number of rotatable bonds is 7. The van der Waals surface area contributed by atoms with Crippen molar-refractivity contribution in [3.8, 4) is 5.75 Å². The number of amides is 1. The summed E-state index contributed by atoms with van der Waals surface area (Å²) in [6.07, 6.45) is 2.43. The molecule has 26 heavy (non-hydrogen) atoms. The van der Waals surface area contributed by atoms with Crippen LogP contribution in [0.4, 0.5) is 0 Å². The summed E-state index contributed by atoms with van der Waals surface area (Å²) >= 11 is 1.23. The summed E-state index contributed by atoms with van der Waals surface area (Å²) in [4.78, 5) is 16.0. The zero-order valence-corrected chi connectivity index (χ0v) is 15.3. The maximum atomic E-state index is 11.7. The van der Waals surface area contributed by atoms with E-state index in [0.29, 0.717) is 19.4 Å². The Kier molecular flexibility index (Phi) is 6.13. The van der Waals surface area contributed by atoms with Crippen LogP contribution >= 0.6 is 11.8 Å². The molecule has 0 bridgehead atoms. The summed E-state index contributed by atoms with van der Waals surface area (Å²) in [6, 6.07) is 11.4. The minimum atomic E-state index is -0.807. The number of aromatic nitrogens is 1. The third-order valence-electron chi connectivity index (χ3n) is 4.15. The van der Waals surface area contributed by atoms with Crippen molar-refractivity contribution >= 4 is 17.7 Å². The number of aliphatic hydroxyl groups is 2. The Labute approximate surface area is 156 Å². The van der Waals surface area contributed by atoms with E-state index in [0.717, 1.165) is 22.6 Å². The maximum absolute atomic E-state index is 11.7. The highest BCUT2D eigenvalue weighted by molar-refractivity contribution is 8.01. The van der Waals surface area contributed by atoms with Crippen LogP contribution in [0.3, 0.4) is 0 Å². The number of nitrogens with one attached hydrogen (secondary N) is 1. The zero-order valence-electron chi connectivity index (χ0n) is 14.5. The molecular weight excluding hydrogens is 352 g/mol. The monoisotopic (exact) mass is 374 g/mol. The van der Waals surface area contributed by atoms with Gasteiger partial charge >= 0.3 is 0 Å². The number of thioether (sulfide) groups is 1. The highest BCUT2D eigenvalue weighted by atomic mass is 32.2. The first-order chi connectivity index (χ1) is 12.5. The second-order valence-electron chi connectivity index (χ2n) is 6.19. The smallest absolute Gasteiger partial charge is 0.236 e. The molecular formula is C19H22N2O4S. The molecule has 0 spiro atoms. The molecule has 1 aliphatic heterocycles. The van der Waals surface area contributed by atoms with Crippen LogP contribution in [0, 0.1) is 0 Å². The predicted molar refractivity (Wildman–Crippen MR) is 99.7 cm³/mol. The van der Waals surface area contributed by atoms with Crippen LogP contribution < -0.4 is 10.1 Å². The third kappa shape index (κ3) is 4.97. The molecule has 3 rings (SSSR count). The fraction of sp³-hybridized carbons (Fsp3) is 0.368. The topological polar surface area (TPSA) is 91.7 Å². The Balaban J connectivity index is 1.46. The number of nitrogens with zero attached hydrogens (tertiary/aromatic N) is 1. The highest BCUT2D eigenvalue weighted by Gasteiger charge is 2.31. The van der Waals surface area contributed by atoms with Gasteiger partial charge in [0.1, 0.15) is 5.75 Å². The average Bonchev–Trinajstić information content (AvgIpc) is 2.94. The summed E-state index contributed by atoms with van der Waals surface area (Å²) in [7, 11) is 0. The lowest BCUT2D eigenvalue weighted by Crippen LogP contribution is -2.27. The quantitative estimate of drug-likeness (QED) is 0.685. The Morgan fingerprint density at radius 1 is 1.27 bits per heavy atom. The minimum Gasteiger partial charge on any atom is -0.493 e. The number of aliphatic hydroxyl groups excluding tert-OH is 2.